The predicted molar refractivity (Wildman–Crippen MR) is 90.4 cm³/mol. The van der Waals surface area contributed by atoms with Gasteiger partial charge in [-0.1, -0.05) is 0 Å². The van der Waals surface area contributed by atoms with Gasteiger partial charge in [0.2, 0.25) is 5.95 Å². The second-order valence-corrected chi connectivity index (χ2v) is 7.04. The Hall–Kier alpha value is -2.36. The summed E-state index contributed by atoms with van der Waals surface area (Å²) in [6.07, 6.45) is -0.0632. The molecule has 0 unspecified atom stereocenters. The summed E-state index contributed by atoms with van der Waals surface area (Å²) in [4.78, 5) is 7.70. The highest BCUT2D eigenvalue weighted by molar-refractivity contribution is 5.59. The third kappa shape index (κ3) is 4.24. The third-order valence-electron chi connectivity index (χ3n) is 3.88. The molecule has 2 aromatic rings. The number of nitrogens with zero attached hydrogens (tertiary/aromatic N) is 4. The highest BCUT2D eigenvalue weighted by Gasteiger charge is 2.35. The average molecular weight is 370 g/mol. The molecule has 2 aromatic heterocycles. The molecule has 1 aliphatic rings. The van der Waals surface area contributed by atoms with Crippen molar-refractivity contribution in [3.05, 3.63) is 23.7 Å². The number of nitrogens with one attached hydrogen (secondary N) is 2. The lowest BCUT2D eigenvalue weighted by Gasteiger charge is -2.16. The van der Waals surface area contributed by atoms with Gasteiger partial charge in [-0.3, -0.25) is 4.68 Å². The average Bonchev–Trinajstić information content (AvgIpc) is 3.28. The van der Waals surface area contributed by atoms with Crippen LogP contribution in [0.5, 0.6) is 0 Å². The van der Waals surface area contributed by atoms with Crippen molar-refractivity contribution >= 4 is 17.5 Å². The number of rotatable bonds is 6. The first-order valence-electron chi connectivity index (χ1n) is 8.25. The molecule has 3 rings (SSSR count). The van der Waals surface area contributed by atoms with Gasteiger partial charge in [-0.15, -0.1) is 0 Å². The topological polar surface area (TPSA) is 87.9 Å². The number of hydrogen-bond acceptors (Lipinski definition) is 6. The molecule has 0 aliphatic heterocycles. The second-order valence-electron chi connectivity index (χ2n) is 7.04. The molecule has 7 nitrogen and oxygen atoms in total. The summed E-state index contributed by atoms with van der Waals surface area (Å²) in [7, 11) is 1.37. The molecule has 0 atom stereocenters. The van der Waals surface area contributed by atoms with Gasteiger partial charge in [0, 0.05) is 25.4 Å². The first kappa shape index (κ1) is 18.4. The van der Waals surface area contributed by atoms with Crippen molar-refractivity contribution in [2.75, 3.05) is 17.7 Å². The summed E-state index contributed by atoms with van der Waals surface area (Å²) < 4.78 is 40.5. The highest BCUT2D eigenvalue weighted by atomic mass is 19.4. The summed E-state index contributed by atoms with van der Waals surface area (Å²) in [5.41, 5.74) is -0.415. The van der Waals surface area contributed by atoms with Crippen LogP contribution < -0.4 is 10.6 Å². The van der Waals surface area contributed by atoms with Crippen LogP contribution in [0.1, 0.15) is 43.9 Å². The van der Waals surface area contributed by atoms with Crippen molar-refractivity contribution in [2.45, 2.75) is 50.9 Å². The number of halogens is 3. The minimum Gasteiger partial charge on any atom is -0.389 e. The van der Waals surface area contributed by atoms with E-state index in [2.05, 4.69) is 25.7 Å². The van der Waals surface area contributed by atoms with Crippen LogP contribution in [0.2, 0.25) is 0 Å². The van der Waals surface area contributed by atoms with Crippen molar-refractivity contribution < 1.29 is 18.3 Å². The molecule has 0 spiro atoms. The van der Waals surface area contributed by atoms with Crippen molar-refractivity contribution in [1.29, 1.82) is 0 Å². The largest absolute Gasteiger partial charge is 0.421 e. The molecule has 3 N–H and O–H groups in total. The van der Waals surface area contributed by atoms with Gasteiger partial charge in [0.25, 0.3) is 0 Å². The van der Waals surface area contributed by atoms with Crippen LogP contribution in [0.3, 0.4) is 0 Å². The minimum absolute atomic E-state index is 0.0482. The molecule has 0 amide bonds. The first-order chi connectivity index (χ1) is 12.1. The third-order valence-corrected chi connectivity index (χ3v) is 3.88. The van der Waals surface area contributed by atoms with Crippen molar-refractivity contribution in [3.8, 4) is 0 Å². The lowest BCUT2D eigenvalue weighted by atomic mass is 10.1. The number of aliphatic hydroxyl groups is 1. The zero-order valence-corrected chi connectivity index (χ0v) is 14.7. The fourth-order valence-corrected chi connectivity index (χ4v) is 2.63. The Morgan fingerprint density at radius 2 is 2.00 bits per heavy atom. The van der Waals surface area contributed by atoms with Crippen molar-refractivity contribution in [2.24, 2.45) is 0 Å². The van der Waals surface area contributed by atoms with Gasteiger partial charge in [0.15, 0.2) is 0 Å². The predicted octanol–water partition coefficient (Wildman–Crippen LogP) is 3.13. The van der Waals surface area contributed by atoms with Crippen LogP contribution in [-0.2, 0) is 12.7 Å². The second kappa shape index (κ2) is 6.42. The van der Waals surface area contributed by atoms with Gasteiger partial charge in [-0.2, -0.15) is 23.3 Å². The van der Waals surface area contributed by atoms with E-state index < -0.39 is 17.3 Å². The molecule has 2 heterocycles. The van der Waals surface area contributed by atoms with Crippen LogP contribution in [0.15, 0.2) is 12.4 Å². The number of aromatic nitrogens is 4. The van der Waals surface area contributed by atoms with E-state index in [-0.39, 0.29) is 11.8 Å². The SMILES string of the molecule is CNc1nc(Nc2cn(CC(C)(C)O)nc2C2CC2)ncc1C(F)(F)F. The maximum absolute atomic E-state index is 13.0. The Balaban J connectivity index is 1.88. The molecule has 0 bridgehead atoms. The summed E-state index contributed by atoms with van der Waals surface area (Å²) >= 11 is 0. The van der Waals surface area contributed by atoms with Gasteiger partial charge in [-0.05, 0) is 26.7 Å². The number of alkyl halides is 3. The molecule has 1 saturated carbocycles. The normalized spacial score (nSPS) is 15.2. The van der Waals surface area contributed by atoms with Crippen molar-refractivity contribution in [1.82, 2.24) is 19.7 Å². The van der Waals surface area contributed by atoms with Crippen LogP contribution in [0.25, 0.3) is 0 Å². The molecule has 142 valence electrons. The lowest BCUT2D eigenvalue weighted by Crippen LogP contribution is -2.26. The monoisotopic (exact) mass is 370 g/mol. The van der Waals surface area contributed by atoms with E-state index in [1.165, 1.54) is 7.05 Å². The van der Waals surface area contributed by atoms with Gasteiger partial charge in [0.1, 0.15) is 11.4 Å². The molecule has 26 heavy (non-hydrogen) atoms. The molecule has 0 saturated heterocycles. The number of hydrogen-bond donors (Lipinski definition) is 3. The van der Waals surface area contributed by atoms with E-state index in [0.717, 1.165) is 24.7 Å². The lowest BCUT2D eigenvalue weighted by molar-refractivity contribution is -0.137. The van der Waals surface area contributed by atoms with E-state index in [9.17, 15) is 18.3 Å². The zero-order valence-electron chi connectivity index (χ0n) is 14.7. The summed E-state index contributed by atoms with van der Waals surface area (Å²) in [6, 6.07) is 0. The Morgan fingerprint density at radius 3 is 2.54 bits per heavy atom. The molecule has 1 fully saturated rings. The molecular weight excluding hydrogens is 349 g/mol. The minimum atomic E-state index is -4.53. The van der Waals surface area contributed by atoms with Crippen LogP contribution >= 0.6 is 0 Å². The van der Waals surface area contributed by atoms with E-state index in [4.69, 9.17) is 0 Å². The summed E-state index contributed by atoms with van der Waals surface area (Å²) in [5.74, 6) is 0.0534. The maximum Gasteiger partial charge on any atom is 0.421 e. The van der Waals surface area contributed by atoms with Gasteiger partial charge in [-0.25, -0.2) is 4.98 Å². The maximum atomic E-state index is 13.0. The van der Waals surface area contributed by atoms with Gasteiger partial charge in [0.05, 0.1) is 23.5 Å². The smallest absolute Gasteiger partial charge is 0.389 e. The quantitative estimate of drug-likeness (QED) is 0.724. The fraction of sp³-hybridized carbons (Fsp3) is 0.562. The first-order valence-corrected chi connectivity index (χ1v) is 8.25. The standard InChI is InChI=1S/C16H21F3N6O/c1-15(2,26)8-25-7-11(12(24-25)9-4-5-9)22-14-21-6-10(16(17,18)19)13(20-3)23-14/h6-7,9,26H,4-5,8H2,1-3H3,(H2,20,21,22,23). The van der Waals surface area contributed by atoms with E-state index >= 15 is 0 Å². The Morgan fingerprint density at radius 1 is 1.31 bits per heavy atom. The highest BCUT2D eigenvalue weighted by Crippen LogP contribution is 2.43. The summed E-state index contributed by atoms with van der Waals surface area (Å²) in [6.45, 7) is 3.65. The van der Waals surface area contributed by atoms with Crippen LogP contribution in [0, 0.1) is 0 Å². The van der Waals surface area contributed by atoms with E-state index in [1.54, 1.807) is 24.7 Å². The Kier molecular flexibility index (Phi) is 4.55. The van der Waals surface area contributed by atoms with Gasteiger partial charge < -0.3 is 15.7 Å². The molecule has 1 aliphatic carbocycles. The van der Waals surface area contributed by atoms with E-state index in [0.29, 0.717) is 18.2 Å². The molecule has 10 heteroatoms. The van der Waals surface area contributed by atoms with E-state index in [1.807, 2.05) is 0 Å². The molecular formula is C16H21F3N6O. The fourth-order valence-electron chi connectivity index (χ4n) is 2.63. The molecule has 0 aromatic carbocycles. The summed E-state index contributed by atoms with van der Waals surface area (Å²) in [5, 5.41) is 19.9. The van der Waals surface area contributed by atoms with Crippen molar-refractivity contribution in [3.63, 3.8) is 0 Å². The van der Waals surface area contributed by atoms with Gasteiger partial charge >= 0.3 is 6.18 Å². The van der Waals surface area contributed by atoms with Crippen LogP contribution in [-0.4, -0.2) is 37.5 Å². The van der Waals surface area contributed by atoms with Crippen LogP contribution in [0.4, 0.5) is 30.6 Å². The Labute approximate surface area is 148 Å². The number of anilines is 3. The Bertz CT molecular complexity index is 792. The zero-order chi connectivity index (χ0) is 19.1. The molecule has 0 radical (unpaired) electrons.